The maximum atomic E-state index is 9.15. The molecule has 0 aliphatic heterocycles. The van der Waals surface area contributed by atoms with E-state index in [-0.39, 0.29) is 5.75 Å². The Morgan fingerprint density at radius 1 is 1.50 bits per heavy atom. The van der Waals surface area contributed by atoms with Gasteiger partial charge in [0, 0.05) is 0 Å². The van der Waals surface area contributed by atoms with Crippen molar-refractivity contribution in [1.29, 1.82) is 0 Å². The second-order valence-corrected chi connectivity index (χ2v) is 3.34. The fourth-order valence-corrected chi connectivity index (χ4v) is 1.65. The van der Waals surface area contributed by atoms with Crippen LogP contribution < -0.4 is 0 Å². The Morgan fingerprint density at radius 2 is 2.10 bits per heavy atom. The number of phenolic OH excluding ortho intramolecular Hbond substituents is 1. The number of rotatable bonds is 0. The van der Waals surface area contributed by atoms with E-state index in [0.717, 1.165) is 5.56 Å². The maximum absolute atomic E-state index is 9.15. The van der Waals surface area contributed by atoms with Gasteiger partial charge in [-0.25, -0.2) is 0 Å². The highest BCUT2D eigenvalue weighted by atomic mass is 79.9. The summed E-state index contributed by atoms with van der Waals surface area (Å²) in [6.45, 7) is 1.91. The molecule has 0 aliphatic rings. The SMILES string of the molecule is Cc1cc(Cl)c(O)c(Br)c1. The Balaban J connectivity index is 3.31. The van der Waals surface area contributed by atoms with Crippen LogP contribution in [-0.2, 0) is 0 Å². The predicted molar refractivity (Wildman–Crippen MR) is 45.6 cm³/mol. The zero-order valence-electron chi connectivity index (χ0n) is 5.36. The molecule has 0 amide bonds. The Kier molecular flexibility index (Phi) is 2.21. The highest BCUT2D eigenvalue weighted by Gasteiger charge is 2.02. The van der Waals surface area contributed by atoms with Crippen LogP contribution in [0.5, 0.6) is 5.75 Å². The van der Waals surface area contributed by atoms with Crippen molar-refractivity contribution >= 4 is 27.5 Å². The van der Waals surface area contributed by atoms with Gasteiger partial charge in [-0.2, -0.15) is 0 Å². The van der Waals surface area contributed by atoms with Gasteiger partial charge in [-0.15, -0.1) is 0 Å². The molecule has 0 fully saturated rings. The van der Waals surface area contributed by atoms with E-state index in [2.05, 4.69) is 15.9 Å². The molecule has 0 saturated heterocycles. The lowest BCUT2D eigenvalue weighted by molar-refractivity contribution is 0.472. The van der Waals surface area contributed by atoms with Crippen LogP contribution in [0.2, 0.25) is 5.02 Å². The number of aryl methyl sites for hydroxylation is 1. The lowest BCUT2D eigenvalue weighted by atomic mass is 10.2. The van der Waals surface area contributed by atoms with E-state index in [4.69, 9.17) is 16.7 Å². The molecule has 1 rings (SSSR count). The van der Waals surface area contributed by atoms with E-state index >= 15 is 0 Å². The molecule has 1 nitrogen and oxygen atoms in total. The van der Waals surface area contributed by atoms with Crippen LogP contribution in [-0.4, -0.2) is 5.11 Å². The van der Waals surface area contributed by atoms with Crippen LogP contribution in [0.1, 0.15) is 5.56 Å². The highest BCUT2D eigenvalue weighted by Crippen LogP contribution is 2.32. The minimum Gasteiger partial charge on any atom is -0.505 e. The second-order valence-electron chi connectivity index (χ2n) is 2.08. The van der Waals surface area contributed by atoms with Crippen molar-refractivity contribution in [3.8, 4) is 5.75 Å². The first-order chi connectivity index (χ1) is 4.61. The van der Waals surface area contributed by atoms with Crippen molar-refractivity contribution in [3.63, 3.8) is 0 Å². The minimum absolute atomic E-state index is 0.104. The lowest BCUT2D eigenvalue weighted by Gasteiger charge is -2.00. The minimum atomic E-state index is 0.104. The summed E-state index contributed by atoms with van der Waals surface area (Å²) in [4.78, 5) is 0. The van der Waals surface area contributed by atoms with E-state index in [1.165, 1.54) is 0 Å². The molecule has 0 aliphatic carbocycles. The summed E-state index contributed by atoms with van der Waals surface area (Å²) in [6.07, 6.45) is 0. The van der Waals surface area contributed by atoms with Crippen LogP contribution in [0.15, 0.2) is 16.6 Å². The lowest BCUT2D eigenvalue weighted by Crippen LogP contribution is -1.74. The quantitative estimate of drug-likeness (QED) is 0.714. The van der Waals surface area contributed by atoms with E-state index in [1.54, 1.807) is 12.1 Å². The van der Waals surface area contributed by atoms with Gasteiger partial charge >= 0.3 is 0 Å². The number of halogens is 2. The number of benzene rings is 1. The average molecular weight is 221 g/mol. The van der Waals surface area contributed by atoms with Gasteiger partial charge in [0.05, 0.1) is 9.50 Å². The van der Waals surface area contributed by atoms with E-state index in [1.807, 2.05) is 6.92 Å². The van der Waals surface area contributed by atoms with Crippen molar-refractivity contribution in [2.24, 2.45) is 0 Å². The molecule has 0 heterocycles. The molecule has 1 aromatic carbocycles. The fourth-order valence-electron chi connectivity index (χ4n) is 0.692. The van der Waals surface area contributed by atoms with Crippen LogP contribution in [0, 0.1) is 6.92 Å². The molecule has 1 aromatic rings. The molecule has 10 heavy (non-hydrogen) atoms. The van der Waals surface area contributed by atoms with Crippen molar-refractivity contribution in [2.45, 2.75) is 6.92 Å². The molecule has 0 unspecified atom stereocenters. The van der Waals surface area contributed by atoms with E-state index in [0.29, 0.717) is 9.50 Å². The summed E-state index contributed by atoms with van der Waals surface area (Å²) < 4.78 is 0.637. The normalized spacial score (nSPS) is 9.90. The van der Waals surface area contributed by atoms with Crippen LogP contribution >= 0.6 is 27.5 Å². The third-order valence-electron chi connectivity index (χ3n) is 1.16. The standard InChI is InChI=1S/C7H6BrClO/c1-4-2-5(8)7(10)6(9)3-4/h2-3,10H,1H3. The topological polar surface area (TPSA) is 20.2 Å². The summed E-state index contributed by atoms with van der Waals surface area (Å²) in [5, 5.41) is 9.53. The molecule has 0 aromatic heterocycles. The Labute approximate surface area is 72.8 Å². The van der Waals surface area contributed by atoms with Gasteiger partial charge in [-0.1, -0.05) is 11.6 Å². The monoisotopic (exact) mass is 220 g/mol. The molecular formula is C7H6BrClO. The second kappa shape index (κ2) is 2.81. The zero-order valence-corrected chi connectivity index (χ0v) is 7.70. The first kappa shape index (κ1) is 7.89. The van der Waals surface area contributed by atoms with Gasteiger partial charge in [0.15, 0.2) is 0 Å². The van der Waals surface area contributed by atoms with Gasteiger partial charge in [0.1, 0.15) is 5.75 Å². The van der Waals surface area contributed by atoms with Crippen LogP contribution in [0.3, 0.4) is 0 Å². The summed E-state index contributed by atoms with van der Waals surface area (Å²) >= 11 is 8.80. The first-order valence-electron chi connectivity index (χ1n) is 2.76. The summed E-state index contributed by atoms with van der Waals surface area (Å²) in [6, 6.07) is 3.52. The van der Waals surface area contributed by atoms with Gasteiger partial charge in [-0.3, -0.25) is 0 Å². The summed E-state index contributed by atoms with van der Waals surface area (Å²) in [5.41, 5.74) is 1.02. The van der Waals surface area contributed by atoms with E-state index in [9.17, 15) is 0 Å². The number of phenols is 1. The number of hydrogen-bond donors (Lipinski definition) is 1. The molecule has 0 saturated carbocycles. The molecule has 54 valence electrons. The van der Waals surface area contributed by atoms with Crippen LogP contribution in [0.4, 0.5) is 0 Å². The van der Waals surface area contributed by atoms with E-state index < -0.39 is 0 Å². The smallest absolute Gasteiger partial charge is 0.148 e. The number of hydrogen-bond acceptors (Lipinski definition) is 1. The molecular weight excluding hydrogens is 215 g/mol. The first-order valence-corrected chi connectivity index (χ1v) is 3.93. The third kappa shape index (κ3) is 1.44. The Morgan fingerprint density at radius 3 is 2.60 bits per heavy atom. The maximum Gasteiger partial charge on any atom is 0.148 e. The molecule has 3 heteroatoms. The molecule has 0 atom stereocenters. The predicted octanol–water partition coefficient (Wildman–Crippen LogP) is 3.12. The zero-order chi connectivity index (χ0) is 7.72. The van der Waals surface area contributed by atoms with Crippen molar-refractivity contribution in [1.82, 2.24) is 0 Å². The van der Waals surface area contributed by atoms with Gasteiger partial charge < -0.3 is 5.11 Å². The average Bonchev–Trinajstić information content (AvgIpc) is 1.82. The van der Waals surface area contributed by atoms with Gasteiger partial charge in [0.2, 0.25) is 0 Å². The Hall–Kier alpha value is -0.210. The molecule has 1 N–H and O–H groups in total. The third-order valence-corrected chi connectivity index (χ3v) is 2.05. The fraction of sp³-hybridized carbons (Fsp3) is 0.143. The molecule has 0 radical (unpaired) electrons. The summed E-state index contributed by atoms with van der Waals surface area (Å²) in [5.74, 6) is 0.104. The van der Waals surface area contributed by atoms with Crippen molar-refractivity contribution < 1.29 is 5.11 Å². The van der Waals surface area contributed by atoms with Crippen molar-refractivity contribution in [2.75, 3.05) is 0 Å². The van der Waals surface area contributed by atoms with Gasteiger partial charge in [0.25, 0.3) is 0 Å². The summed E-state index contributed by atoms with van der Waals surface area (Å²) in [7, 11) is 0. The highest BCUT2D eigenvalue weighted by molar-refractivity contribution is 9.10. The molecule has 0 bridgehead atoms. The number of aromatic hydroxyl groups is 1. The van der Waals surface area contributed by atoms with Crippen LogP contribution in [0.25, 0.3) is 0 Å². The Bertz CT molecular complexity index is 237. The van der Waals surface area contributed by atoms with Crippen molar-refractivity contribution in [3.05, 3.63) is 27.2 Å². The largest absolute Gasteiger partial charge is 0.505 e. The molecule has 0 spiro atoms. The van der Waals surface area contributed by atoms with Gasteiger partial charge in [-0.05, 0) is 40.5 Å².